The number of hydrogen-bond donors (Lipinski definition) is 1. The number of rotatable bonds is 5. The second-order valence-corrected chi connectivity index (χ2v) is 5.29. The number of nitrogens with one attached hydrogen (secondary N) is 1. The number of carbonyl (C=O) groups excluding carboxylic acids is 1. The number of carbonyl (C=O) groups is 1. The Morgan fingerprint density at radius 1 is 1.45 bits per heavy atom. The molecule has 1 unspecified atom stereocenters. The highest BCUT2D eigenvalue weighted by Crippen LogP contribution is 2.27. The number of nitrogens with zero attached hydrogens (tertiary/aromatic N) is 1. The van der Waals surface area contributed by atoms with Crippen LogP contribution in [0, 0.1) is 5.82 Å². The molecule has 0 bridgehead atoms. The van der Waals surface area contributed by atoms with Crippen molar-refractivity contribution in [2.45, 2.75) is 45.6 Å². The second-order valence-electron chi connectivity index (χ2n) is 5.29. The molecule has 0 spiro atoms. The second kappa shape index (κ2) is 6.73. The van der Waals surface area contributed by atoms with Gasteiger partial charge in [-0.05, 0) is 37.8 Å². The highest BCUT2D eigenvalue weighted by Gasteiger charge is 2.29. The first-order valence-electron chi connectivity index (χ1n) is 7.52. The van der Waals surface area contributed by atoms with Gasteiger partial charge < -0.3 is 10.2 Å². The van der Waals surface area contributed by atoms with Crippen LogP contribution in [0.2, 0.25) is 0 Å². The lowest BCUT2D eigenvalue weighted by Gasteiger charge is -2.25. The molecule has 1 aromatic carbocycles. The minimum Gasteiger partial charge on any atom is -0.382 e. The quantitative estimate of drug-likeness (QED) is 0.891. The summed E-state index contributed by atoms with van der Waals surface area (Å²) in [5, 5.41) is 3.05. The Morgan fingerprint density at radius 2 is 2.25 bits per heavy atom. The zero-order chi connectivity index (χ0) is 14.5. The number of anilines is 1. The van der Waals surface area contributed by atoms with Gasteiger partial charge in [-0.1, -0.05) is 19.9 Å². The Hall–Kier alpha value is -1.58. The van der Waals surface area contributed by atoms with Crippen molar-refractivity contribution in [1.29, 1.82) is 0 Å². The number of hydrogen-bond acceptors (Lipinski definition) is 2. The van der Waals surface area contributed by atoms with E-state index in [2.05, 4.69) is 12.2 Å². The Labute approximate surface area is 120 Å². The number of amides is 1. The van der Waals surface area contributed by atoms with E-state index in [1.54, 1.807) is 12.1 Å². The van der Waals surface area contributed by atoms with Crippen LogP contribution >= 0.6 is 0 Å². The molecule has 1 saturated heterocycles. The Kier molecular flexibility index (Phi) is 4.99. The molecule has 1 N–H and O–H groups in total. The maximum atomic E-state index is 14.0. The van der Waals surface area contributed by atoms with Crippen LogP contribution in [0.15, 0.2) is 18.2 Å². The average Bonchev–Trinajstić information content (AvgIpc) is 2.93. The Morgan fingerprint density at radius 3 is 2.95 bits per heavy atom. The normalized spacial score (nSPS) is 18.4. The van der Waals surface area contributed by atoms with Gasteiger partial charge in [-0.25, -0.2) is 4.39 Å². The van der Waals surface area contributed by atoms with Gasteiger partial charge in [0.05, 0.1) is 11.3 Å². The number of para-hydroxylation sites is 1. The van der Waals surface area contributed by atoms with Gasteiger partial charge in [0.2, 0.25) is 0 Å². The van der Waals surface area contributed by atoms with Gasteiger partial charge in [0.1, 0.15) is 5.82 Å². The summed E-state index contributed by atoms with van der Waals surface area (Å²) in [7, 11) is 0. The highest BCUT2D eigenvalue weighted by molar-refractivity contribution is 6.00. The molecule has 1 fully saturated rings. The zero-order valence-corrected chi connectivity index (χ0v) is 12.3. The molecule has 1 aliphatic rings. The predicted molar refractivity (Wildman–Crippen MR) is 79.5 cm³/mol. The van der Waals surface area contributed by atoms with E-state index < -0.39 is 0 Å². The number of likely N-dealkylation sites (tertiary alicyclic amines) is 1. The monoisotopic (exact) mass is 278 g/mol. The van der Waals surface area contributed by atoms with Crippen LogP contribution in [0.1, 0.15) is 49.9 Å². The summed E-state index contributed by atoms with van der Waals surface area (Å²) in [6.07, 6.45) is 3.94. The van der Waals surface area contributed by atoms with Crippen molar-refractivity contribution in [3.05, 3.63) is 29.6 Å². The molecule has 1 aliphatic heterocycles. The molecule has 1 heterocycles. The van der Waals surface area contributed by atoms with E-state index in [0.717, 1.165) is 32.2 Å². The number of halogens is 1. The SMILES string of the molecule is CCCNc1c(F)cccc1C(=O)N1CCCC1CC. The van der Waals surface area contributed by atoms with Gasteiger partial charge in [-0.3, -0.25) is 4.79 Å². The fourth-order valence-corrected chi connectivity index (χ4v) is 2.81. The lowest BCUT2D eigenvalue weighted by Crippen LogP contribution is -2.35. The van der Waals surface area contributed by atoms with Crippen LogP contribution < -0.4 is 5.32 Å². The van der Waals surface area contributed by atoms with Crippen LogP contribution in [0.3, 0.4) is 0 Å². The summed E-state index contributed by atoms with van der Waals surface area (Å²) < 4.78 is 14.0. The van der Waals surface area contributed by atoms with Crippen LogP contribution in [-0.4, -0.2) is 29.9 Å². The topological polar surface area (TPSA) is 32.3 Å². The van der Waals surface area contributed by atoms with Gasteiger partial charge in [-0.2, -0.15) is 0 Å². The van der Waals surface area contributed by atoms with Crippen LogP contribution in [0.4, 0.5) is 10.1 Å². The molecule has 0 radical (unpaired) electrons. The van der Waals surface area contributed by atoms with Crippen molar-refractivity contribution in [3.8, 4) is 0 Å². The Balaban J connectivity index is 2.27. The zero-order valence-electron chi connectivity index (χ0n) is 12.3. The number of benzene rings is 1. The van der Waals surface area contributed by atoms with Gasteiger partial charge in [-0.15, -0.1) is 0 Å². The van der Waals surface area contributed by atoms with E-state index in [1.165, 1.54) is 6.07 Å². The minimum atomic E-state index is -0.350. The fourth-order valence-electron chi connectivity index (χ4n) is 2.81. The molecule has 110 valence electrons. The summed E-state index contributed by atoms with van der Waals surface area (Å²) >= 11 is 0. The smallest absolute Gasteiger partial charge is 0.256 e. The third-order valence-corrected chi connectivity index (χ3v) is 3.91. The summed E-state index contributed by atoms with van der Waals surface area (Å²) in [5.41, 5.74) is 0.805. The molecule has 1 atom stereocenters. The van der Waals surface area contributed by atoms with E-state index >= 15 is 0 Å². The van der Waals surface area contributed by atoms with Crippen LogP contribution in [-0.2, 0) is 0 Å². The fraction of sp³-hybridized carbons (Fsp3) is 0.562. The van der Waals surface area contributed by atoms with Crippen molar-refractivity contribution in [2.75, 3.05) is 18.4 Å². The van der Waals surface area contributed by atoms with Crippen molar-refractivity contribution in [2.24, 2.45) is 0 Å². The first-order valence-corrected chi connectivity index (χ1v) is 7.52. The third kappa shape index (κ3) is 2.94. The van der Waals surface area contributed by atoms with Gasteiger partial charge in [0, 0.05) is 19.1 Å². The van der Waals surface area contributed by atoms with E-state index in [-0.39, 0.29) is 11.7 Å². The van der Waals surface area contributed by atoms with Crippen molar-refractivity contribution in [3.63, 3.8) is 0 Å². The molecule has 0 aliphatic carbocycles. The minimum absolute atomic E-state index is 0.0487. The lowest BCUT2D eigenvalue weighted by molar-refractivity contribution is 0.0734. The molecule has 1 amide bonds. The molecule has 1 aromatic rings. The van der Waals surface area contributed by atoms with Crippen LogP contribution in [0.5, 0.6) is 0 Å². The molecular weight excluding hydrogens is 255 g/mol. The van der Waals surface area contributed by atoms with Crippen molar-refractivity contribution >= 4 is 11.6 Å². The van der Waals surface area contributed by atoms with Gasteiger partial charge >= 0.3 is 0 Å². The van der Waals surface area contributed by atoms with Crippen molar-refractivity contribution < 1.29 is 9.18 Å². The lowest BCUT2D eigenvalue weighted by atomic mass is 10.1. The summed E-state index contributed by atoms with van der Waals surface area (Å²) in [6.45, 7) is 5.56. The summed E-state index contributed by atoms with van der Waals surface area (Å²) in [4.78, 5) is 14.6. The first kappa shape index (κ1) is 14.8. The Bertz CT molecular complexity index is 476. The van der Waals surface area contributed by atoms with E-state index in [0.29, 0.717) is 23.8 Å². The van der Waals surface area contributed by atoms with Crippen molar-refractivity contribution in [1.82, 2.24) is 4.90 Å². The van der Waals surface area contributed by atoms with E-state index in [4.69, 9.17) is 0 Å². The van der Waals surface area contributed by atoms with E-state index in [9.17, 15) is 9.18 Å². The standard InChI is InChI=1S/C16H23FN2O/c1-3-10-18-15-13(8-5-9-14(15)17)16(20)19-11-6-7-12(19)4-2/h5,8-9,12,18H,3-4,6-7,10-11H2,1-2H3. The van der Waals surface area contributed by atoms with Gasteiger partial charge in [0.25, 0.3) is 5.91 Å². The molecule has 3 nitrogen and oxygen atoms in total. The molecule has 20 heavy (non-hydrogen) atoms. The molecular formula is C16H23FN2O. The van der Waals surface area contributed by atoms with Crippen LogP contribution in [0.25, 0.3) is 0 Å². The predicted octanol–water partition coefficient (Wildman–Crippen LogP) is 3.66. The maximum absolute atomic E-state index is 14.0. The van der Waals surface area contributed by atoms with Gasteiger partial charge in [0.15, 0.2) is 0 Å². The summed E-state index contributed by atoms with van der Waals surface area (Å²) in [5.74, 6) is -0.399. The molecule has 4 heteroatoms. The summed E-state index contributed by atoms with van der Waals surface area (Å²) in [6, 6.07) is 5.02. The highest BCUT2D eigenvalue weighted by atomic mass is 19.1. The van der Waals surface area contributed by atoms with E-state index in [1.807, 2.05) is 11.8 Å². The first-order chi connectivity index (χ1) is 9.69. The third-order valence-electron chi connectivity index (χ3n) is 3.91. The molecule has 0 saturated carbocycles. The average molecular weight is 278 g/mol. The molecule has 0 aromatic heterocycles. The maximum Gasteiger partial charge on any atom is 0.256 e. The largest absolute Gasteiger partial charge is 0.382 e. The molecule has 2 rings (SSSR count).